The first-order valence-corrected chi connectivity index (χ1v) is 9.16. The third kappa shape index (κ3) is 3.44. The minimum Gasteiger partial charge on any atom is -0.349 e. The van der Waals surface area contributed by atoms with Crippen LogP contribution >= 0.6 is 0 Å². The van der Waals surface area contributed by atoms with Crippen LogP contribution in [0, 0.1) is 0 Å². The number of nitrogens with one attached hydrogen (secondary N) is 1. The maximum atomic E-state index is 12.7. The third-order valence-corrected chi connectivity index (χ3v) is 5.26. The zero-order valence-electron chi connectivity index (χ0n) is 14.9. The normalized spacial score (nSPS) is 18.4. The molecule has 2 aliphatic rings. The summed E-state index contributed by atoms with van der Waals surface area (Å²) in [5.74, 6) is 0.280. The van der Waals surface area contributed by atoms with Crippen molar-refractivity contribution in [3.05, 3.63) is 41.7 Å². The maximum Gasteiger partial charge on any atom is 0.273 e. The molecule has 1 heterocycles. The van der Waals surface area contributed by atoms with E-state index in [1.807, 2.05) is 35.0 Å². The number of benzene rings is 1. The molecule has 0 aliphatic heterocycles. The van der Waals surface area contributed by atoms with Crippen LogP contribution in [-0.2, 0) is 0 Å². The van der Waals surface area contributed by atoms with Crippen molar-refractivity contribution in [3.8, 4) is 5.69 Å². The Kier molecular flexibility index (Phi) is 4.29. The highest BCUT2D eigenvalue weighted by molar-refractivity contribution is 5.93. The number of hydrogen-bond donors (Lipinski definition) is 1. The topological polar surface area (TPSA) is 63.1 Å². The number of nitrogens with zero attached hydrogens (tertiary/aromatic N) is 4. The molecule has 1 amide bonds. The van der Waals surface area contributed by atoms with E-state index in [0.29, 0.717) is 30.2 Å². The lowest BCUT2D eigenvalue weighted by Gasteiger charge is -2.24. The molecule has 1 aromatic heterocycles. The van der Waals surface area contributed by atoms with Crippen molar-refractivity contribution in [3.63, 3.8) is 0 Å². The minimum atomic E-state index is -0.111. The molecule has 2 saturated carbocycles. The van der Waals surface area contributed by atoms with Gasteiger partial charge in [-0.05, 0) is 51.8 Å². The highest BCUT2D eigenvalue weighted by atomic mass is 16.2. The lowest BCUT2D eigenvalue weighted by molar-refractivity contribution is 0.0933. The molecule has 6 nitrogen and oxygen atoms in total. The van der Waals surface area contributed by atoms with Crippen molar-refractivity contribution in [1.82, 2.24) is 25.2 Å². The molecule has 132 valence electrons. The van der Waals surface area contributed by atoms with Crippen LogP contribution in [0.3, 0.4) is 0 Å². The monoisotopic (exact) mass is 339 g/mol. The van der Waals surface area contributed by atoms with E-state index in [1.165, 1.54) is 12.8 Å². The van der Waals surface area contributed by atoms with Gasteiger partial charge in [0.2, 0.25) is 0 Å². The first-order chi connectivity index (χ1) is 12.1. The summed E-state index contributed by atoms with van der Waals surface area (Å²) in [4.78, 5) is 15.1. The van der Waals surface area contributed by atoms with Gasteiger partial charge in [0.1, 0.15) is 0 Å². The smallest absolute Gasteiger partial charge is 0.273 e. The number of aromatic nitrogens is 3. The zero-order valence-corrected chi connectivity index (χ0v) is 14.9. The average Bonchev–Trinajstić information content (AvgIpc) is 3.57. The highest BCUT2D eigenvalue weighted by Gasteiger charge is 2.34. The summed E-state index contributed by atoms with van der Waals surface area (Å²) in [5.41, 5.74) is 2.39. The van der Waals surface area contributed by atoms with Crippen molar-refractivity contribution in [2.45, 2.75) is 50.6 Å². The van der Waals surface area contributed by atoms with Crippen LogP contribution in [-0.4, -0.2) is 51.5 Å². The standard InChI is InChI=1S/C19H25N5O/c1-13(23(2)15-10-11-15)12-20-19(25)17-18(14-8-9-14)24(22-21-17)16-6-4-3-5-7-16/h3-7,13-15H,8-12H2,1-2H3,(H,20,25)/t13-/m1/s1. The summed E-state index contributed by atoms with van der Waals surface area (Å²) in [7, 11) is 2.13. The van der Waals surface area contributed by atoms with Gasteiger partial charge in [-0.2, -0.15) is 0 Å². The van der Waals surface area contributed by atoms with E-state index in [1.54, 1.807) is 0 Å². The predicted octanol–water partition coefficient (Wildman–Crippen LogP) is 2.36. The lowest BCUT2D eigenvalue weighted by Crippen LogP contribution is -2.41. The molecule has 0 saturated heterocycles. The Labute approximate surface area is 148 Å². The molecule has 0 radical (unpaired) electrons. The molecule has 0 bridgehead atoms. The predicted molar refractivity (Wildman–Crippen MR) is 95.9 cm³/mol. The number of carbonyl (C=O) groups excluding carboxylic acids is 1. The Hall–Kier alpha value is -2.21. The summed E-state index contributed by atoms with van der Waals surface area (Å²) < 4.78 is 1.83. The molecule has 0 unspecified atom stereocenters. The van der Waals surface area contributed by atoms with E-state index >= 15 is 0 Å². The van der Waals surface area contributed by atoms with Gasteiger partial charge in [-0.25, -0.2) is 4.68 Å². The fourth-order valence-electron chi connectivity index (χ4n) is 3.24. The molecule has 2 aromatic rings. The van der Waals surface area contributed by atoms with E-state index in [2.05, 4.69) is 34.5 Å². The van der Waals surface area contributed by atoms with E-state index in [0.717, 1.165) is 24.2 Å². The van der Waals surface area contributed by atoms with Gasteiger partial charge in [-0.15, -0.1) is 5.10 Å². The van der Waals surface area contributed by atoms with Crippen LogP contribution in [0.2, 0.25) is 0 Å². The summed E-state index contributed by atoms with van der Waals surface area (Å²) in [6.45, 7) is 2.79. The SMILES string of the molecule is C[C@H](CNC(=O)c1nnn(-c2ccccc2)c1C1CC1)N(C)C1CC1. The third-order valence-electron chi connectivity index (χ3n) is 5.26. The van der Waals surface area contributed by atoms with Crippen molar-refractivity contribution in [2.75, 3.05) is 13.6 Å². The van der Waals surface area contributed by atoms with E-state index < -0.39 is 0 Å². The molecule has 0 spiro atoms. The van der Waals surface area contributed by atoms with Crippen molar-refractivity contribution in [2.24, 2.45) is 0 Å². The fraction of sp³-hybridized carbons (Fsp3) is 0.526. The van der Waals surface area contributed by atoms with Crippen molar-refractivity contribution < 1.29 is 4.79 Å². The summed E-state index contributed by atoms with van der Waals surface area (Å²) in [5, 5.41) is 11.5. The van der Waals surface area contributed by atoms with Gasteiger partial charge in [0.15, 0.2) is 5.69 Å². The van der Waals surface area contributed by atoms with Crippen LogP contribution in [0.25, 0.3) is 5.69 Å². The van der Waals surface area contributed by atoms with Crippen molar-refractivity contribution >= 4 is 5.91 Å². The first-order valence-electron chi connectivity index (χ1n) is 9.16. The summed E-state index contributed by atoms with van der Waals surface area (Å²) in [6.07, 6.45) is 4.74. The minimum absolute atomic E-state index is 0.111. The second-order valence-corrected chi connectivity index (χ2v) is 7.30. The molecule has 1 N–H and O–H groups in total. The number of carbonyl (C=O) groups is 1. The van der Waals surface area contributed by atoms with E-state index in [9.17, 15) is 4.79 Å². The molecule has 1 aromatic carbocycles. The lowest BCUT2D eigenvalue weighted by atomic mass is 10.2. The second kappa shape index (κ2) is 6.59. The number of hydrogen-bond acceptors (Lipinski definition) is 4. The first kappa shape index (κ1) is 16.3. The van der Waals surface area contributed by atoms with E-state index in [-0.39, 0.29) is 5.91 Å². The Bertz CT molecular complexity index is 748. The molecule has 6 heteroatoms. The van der Waals surface area contributed by atoms with Crippen LogP contribution in [0.1, 0.15) is 54.7 Å². The Morgan fingerprint density at radius 2 is 2.00 bits per heavy atom. The number of likely N-dealkylation sites (N-methyl/N-ethyl adjacent to an activating group) is 1. The van der Waals surface area contributed by atoms with Gasteiger partial charge in [0, 0.05) is 24.5 Å². The average molecular weight is 339 g/mol. The molecule has 2 aliphatic carbocycles. The Morgan fingerprint density at radius 3 is 2.64 bits per heavy atom. The fourth-order valence-corrected chi connectivity index (χ4v) is 3.24. The van der Waals surface area contributed by atoms with Gasteiger partial charge in [-0.1, -0.05) is 23.4 Å². The summed E-state index contributed by atoms with van der Waals surface area (Å²) in [6, 6.07) is 10.9. The van der Waals surface area contributed by atoms with Crippen LogP contribution in [0.5, 0.6) is 0 Å². The van der Waals surface area contributed by atoms with Crippen molar-refractivity contribution in [1.29, 1.82) is 0 Å². The van der Waals surface area contributed by atoms with Gasteiger partial charge in [0.25, 0.3) is 5.91 Å². The Morgan fingerprint density at radius 1 is 1.28 bits per heavy atom. The number of rotatable bonds is 7. The largest absolute Gasteiger partial charge is 0.349 e. The van der Waals surface area contributed by atoms with Crippen LogP contribution in [0.4, 0.5) is 0 Å². The van der Waals surface area contributed by atoms with Crippen LogP contribution < -0.4 is 5.32 Å². The van der Waals surface area contributed by atoms with Gasteiger partial charge in [0.05, 0.1) is 11.4 Å². The molecule has 25 heavy (non-hydrogen) atoms. The summed E-state index contributed by atoms with van der Waals surface area (Å²) >= 11 is 0. The highest BCUT2D eigenvalue weighted by Crippen LogP contribution is 2.41. The Balaban J connectivity index is 1.50. The molecule has 2 fully saturated rings. The van der Waals surface area contributed by atoms with Crippen LogP contribution in [0.15, 0.2) is 30.3 Å². The zero-order chi connectivity index (χ0) is 17.4. The number of para-hydroxylation sites is 1. The molecule has 4 rings (SSSR count). The molecular weight excluding hydrogens is 314 g/mol. The quantitative estimate of drug-likeness (QED) is 0.841. The number of amides is 1. The molecular formula is C19H25N5O. The van der Waals surface area contributed by atoms with Gasteiger partial charge < -0.3 is 5.32 Å². The second-order valence-electron chi connectivity index (χ2n) is 7.30. The van der Waals surface area contributed by atoms with E-state index in [4.69, 9.17) is 0 Å². The maximum absolute atomic E-state index is 12.7. The molecule has 1 atom stereocenters. The van der Waals surface area contributed by atoms with Gasteiger partial charge in [-0.3, -0.25) is 9.69 Å². The van der Waals surface area contributed by atoms with Gasteiger partial charge >= 0.3 is 0 Å².